The molecule has 12 nitrogen and oxygen atoms in total. The number of hydrogen-bond donors (Lipinski definition) is 3. The summed E-state index contributed by atoms with van der Waals surface area (Å²) in [6.07, 6.45) is 24.9. The first-order valence-corrected chi connectivity index (χ1v) is 46.5. The molecule has 0 radical (unpaired) electrons. The van der Waals surface area contributed by atoms with Crippen molar-refractivity contribution in [3.63, 3.8) is 0 Å². The maximum atomic E-state index is 15.6. The zero-order valence-electron chi connectivity index (χ0n) is 75.8. The van der Waals surface area contributed by atoms with Crippen LogP contribution in [0.1, 0.15) is 217 Å². The van der Waals surface area contributed by atoms with Crippen LogP contribution in [-0.2, 0) is 21.7 Å². The predicted molar refractivity (Wildman–Crippen MR) is 526 cm³/mol. The van der Waals surface area contributed by atoms with Crippen molar-refractivity contribution in [2.75, 3.05) is 14.7 Å². The first-order valence-electron chi connectivity index (χ1n) is 46.5. The number of anilines is 9. The minimum atomic E-state index is -0.710. The summed E-state index contributed by atoms with van der Waals surface area (Å²) in [7, 11) is 0. The van der Waals surface area contributed by atoms with E-state index in [4.69, 9.17) is 19.9 Å². The van der Waals surface area contributed by atoms with Crippen LogP contribution in [0.4, 0.5) is 60.4 Å². The summed E-state index contributed by atoms with van der Waals surface area (Å²) >= 11 is 0. The Hall–Kier alpha value is -13.5. The molecule has 9 aromatic carbocycles. The molecule has 0 spiro atoms. The molecule has 3 aliphatic carbocycles. The Morgan fingerprint density at radius 1 is 0.295 bits per heavy atom. The normalized spacial score (nSPS) is 13.1. The van der Waals surface area contributed by atoms with Crippen LogP contribution in [0.2, 0.25) is 0 Å². The molecule has 654 valence electrons. The Kier molecular flexibility index (Phi) is 27.2. The average molecular weight is 1710 g/mol. The van der Waals surface area contributed by atoms with Gasteiger partial charge in [0.25, 0.3) is 0 Å². The largest absolute Gasteiger partial charge is 0.507 e. The van der Waals surface area contributed by atoms with E-state index in [1.54, 1.807) is 35.4 Å². The number of fused-ring (bicyclic) bond motifs is 9. The lowest BCUT2D eigenvalue weighted by atomic mass is 9.71. The zero-order valence-corrected chi connectivity index (χ0v) is 75.8. The van der Waals surface area contributed by atoms with E-state index in [2.05, 4.69) is 222 Å². The average Bonchev–Trinajstić information content (AvgIpc) is 1.57. The monoisotopic (exact) mass is 1710 g/mol. The lowest BCUT2D eigenvalue weighted by molar-refractivity contribution is 0.412. The first kappa shape index (κ1) is 89.0. The number of rotatable bonds is 30. The number of hydrogen-bond acceptors (Lipinski definition) is 12. The van der Waals surface area contributed by atoms with Crippen molar-refractivity contribution in [3.05, 3.63) is 360 Å². The highest BCUT2D eigenvalue weighted by Gasteiger charge is 2.48. The third-order valence-corrected chi connectivity index (χ3v) is 26.4. The lowest BCUT2D eigenvalue weighted by Gasteiger charge is -2.32. The highest BCUT2D eigenvalue weighted by atomic mass is 19.1. The van der Waals surface area contributed by atoms with Gasteiger partial charge in [0, 0.05) is 103 Å². The Labute approximate surface area is 760 Å². The SMILES string of the molecule is CCCCC1(CCCC)c2ccc(-c3cc(N(c4ccccc4)c4ccccn4)c(F)cc3F)nc2-c2c(O)cccc21.CCCCC1(CCCC)c2ccc(-c3cccc(N(c4ccccc4)c4cc(C(C)(C)C)ccn4)c3)nc2-c2c(O)cccc21.CCCCC1(CCCC)c2ccc(-c3cccc(N(c4ccccc4)c4ccccn4)c3)nc2-c2c(O)cccc21. The van der Waals surface area contributed by atoms with Crippen molar-refractivity contribution in [2.45, 2.75) is 200 Å². The second-order valence-electron chi connectivity index (χ2n) is 35.7. The predicted octanol–water partition coefficient (Wildman–Crippen LogP) is 31.5. The van der Waals surface area contributed by atoms with E-state index in [9.17, 15) is 15.3 Å². The fourth-order valence-electron chi connectivity index (χ4n) is 19.9. The highest BCUT2D eigenvalue weighted by Crippen LogP contribution is 2.60. The molecule has 0 unspecified atom stereocenters. The maximum absolute atomic E-state index is 15.6. The molecule has 15 aromatic rings. The van der Waals surface area contributed by atoms with Gasteiger partial charge >= 0.3 is 0 Å². The van der Waals surface area contributed by atoms with E-state index in [-0.39, 0.29) is 38.7 Å². The topological polar surface area (TPSA) is 148 Å². The molecule has 0 bridgehead atoms. The van der Waals surface area contributed by atoms with Crippen molar-refractivity contribution in [3.8, 4) is 84.8 Å². The van der Waals surface area contributed by atoms with Gasteiger partial charge in [-0.25, -0.2) is 38.7 Å². The van der Waals surface area contributed by atoms with Crippen molar-refractivity contribution < 1.29 is 24.1 Å². The molecule has 0 saturated heterocycles. The number of phenols is 3. The zero-order chi connectivity index (χ0) is 89.8. The molecule has 14 heteroatoms. The minimum Gasteiger partial charge on any atom is -0.507 e. The van der Waals surface area contributed by atoms with E-state index in [0.29, 0.717) is 40.0 Å². The van der Waals surface area contributed by atoms with Gasteiger partial charge in [-0.1, -0.05) is 285 Å². The smallest absolute Gasteiger partial charge is 0.150 e. The molecule has 0 amide bonds. The standard InChI is InChI=1S/C41H45N3O.C37H35F2N3O.C37H37N3O/c1-6-8-24-41(25-9-7-2)33-19-14-20-36(45)38(33)39-34(41)21-22-35(43-39)29-15-13-18-32(27-29)44(31-16-11-10-12-17-31)37-28-30(23-26-42-37)40(3,4)5;1-3-5-20-37(21-6-4-2)27-15-12-16-33(43)35(27)36-28(37)18-19-31(41-36)26-23-32(30(39)24-29(26)38)42(25-13-8-7-9-14-25)34-17-10-11-22-40-34;1-3-5-23-37(24-6-4-2)30-18-13-19-33(41)35(30)36-31(37)21-22-32(39-36)27-14-12-17-29(26-27)40(28-15-8-7-9-16-28)34-20-10-11-25-38-34/h10-23,26-28,45H,6-9,24-25H2,1-5H3;7-19,22-24,43H,3-6,20-21H2,1-2H3;7-22,25-26,41H,3-6,23-24H2,1-2H3. The first-order chi connectivity index (χ1) is 62.9. The van der Waals surface area contributed by atoms with Gasteiger partial charge in [0.15, 0.2) is 0 Å². The summed E-state index contributed by atoms with van der Waals surface area (Å²) in [5.74, 6) is 1.63. The summed E-state index contributed by atoms with van der Waals surface area (Å²) in [6.45, 7) is 20.1. The summed E-state index contributed by atoms with van der Waals surface area (Å²) in [5, 5.41) is 33.5. The highest BCUT2D eigenvalue weighted by molar-refractivity contribution is 5.90. The van der Waals surface area contributed by atoms with E-state index in [0.717, 1.165) is 212 Å². The minimum absolute atomic E-state index is 0.00155. The molecule has 6 aromatic heterocycles. The van der Waals surface area contributed by atoms with E-state index in [1.165, 1.54) is 33.9 Å². The molecular weight excluding hydrogens is 1590 g/mol. The number of benzene rings is 9. The molecule has 18 rings (SSSR count). The number of aromatic nitrogens is 6. The maximum Gasteiger partial charge on any atom is 0.150 e. The number of phenolic OH excluding ortho intramolecular Hbond substituents is 3. The number of unbranched alkanes of at least 4 members (excludes halogenated alkanes) is 6. The number of para-hydroxylation sites is 3. The summed E-state index contributed by atoms with van der Waals surface area (Å²) < 4.78 is 31.2. The van der Waals surface area contributed by atoms with Crippen LogP contribution in [0, 0.1) is 11.6 Å². The fraction of sp³-hybridized carbons (Fsp3) is 0.270. The number of nitrogens with zero attached hydrogens (tertiary/aromatic N) is 9. The Morgan fingerprint density at radius 3 is 1.02 bits per heavy atom. The fourth-order valence-corrected chi connectivity index (χ4v) is 19.9. The molecule has 0 fully saturated rings. The molecule has 3 aliphatic rings. The van der Waals surface area contributed by atoms with Crippen LogP contribution in [-0.4, -0.2) is 45.2 Å². The van der Waals surface area contributed by atoms with Gasteiger partial charge in [-0.3, -0.25) is 14.7 Å². The van der Waals surface area contributed by atoms with Crippen LogP contribution in [0.25, 0.3) is 67.5 Å². The van der Waals surface area contributed by atoms with Crippen molar-refractivity contribution >= 4 is 51.6 Å². The van der Waals surface area contributed by atoms with Gasteiger partial charge in [-0.05, 0) is 222 Å². The van der Waals surface area contributed by atoms with Crippen LogP contribution in [0.15, 0.2) is 310 Å². The third-order valence-electron chi connectivity index (χ3n) is 26.4. The molecular formula is C115H117F2N9O3. The Bertz CT molecular complexity index is 6280. The van der Waals surface area contributed by atoms with E-state index in [1.807, 2.05) is 128 Å². The van der Waals surface area contributed by atoms with Crippen molar-refractivity contribution in [1.82, 2.24) is 29.9 Å². The number of pyridine rings is 6. The summed E-state index contributed by atoms with van der Waals surface area (Å²) in [5.41, 5.74) is 22.3. The second kappa shape index (κ2) is 39.4. The van der Waals surface area contributed by atoms with Gasteiger partial charge in [0.1, 0.15) is 46.3 Å². The third kappa shape index (κ3) is 17.8. The van der Waals surface area contributed by atoms with Crippen molar-refractivity contribution in [1.29, 1.82) is 0 Å². The number of halogens is 2. The lowest BCUT2D eigenvalue weighted by Crippen LogP contribution is -2.25. The van der Waals surface area contributed by atoms with Gasteiger partial charge < -0.3 is 15.3 Å². The van der Waals surface area contributed by atoms with Gasteiger partial charge in [0.2, 0.25) is 0 Å². The van der Waals surface area contributed by atoms with Crippen LogP contribution in [0.5, 0.6) is 17.2 Å². The van der Waals surface area contributed by atoms with Gasteiger partial charge in [-0.2, -0.15) is 0 Å². The van der Waals surface area contributed by atoms with Gasteiger partial charge in [0.05, 0.1) is 39.9 Å². The van der Waals surface area contributed by atoms with Crippen LogP contribution >= 0.6 is 0 Å². The van der Waals surface area contributed by atoms with Gasteiger partial charge in [-0.15, -0.1) is 0 Å². The molecule has 0 atom stereocenters. The summed E-state index contributed by atoms with van der Waals surface area (Å²) in [6, 6.07) is 95.7. The molecule has 0 saturated carbocycles. The Balaban J connectivity index is 0.000000142. The molecule has 3 N–H and O–H groups in total. The number of aromatic hydroxyl groups is 3. The van der Waals surface area contributed by atoms with E-state index >= 15 is 8.78 Å². The van der Waals surface area contributed by atoms with Crippen LogP contribution in [0.3, 0.4) is 0 Å². The second-order valence-corrected chi connectivity index (χ2v) is 35.7. The van der Waals surface area contributed by atoms with Crippen molar-refractivity contribution in [2.24, 2.45) is 0 Å². The molecule has 129 heavy (non-hydrogen) atoms. The van der Waals surface area contributed by atoms with E-state index < -0.39 is 11.6 Å². The quantitative estimate of drug-likeness (QED) is 0.0394. The Morgan fingerprint density at radius 2 is 0.636 bits per heavy atom. The molecule has 0 aliphatic heterocycles. The molecule has 6 heterocycles. The summed E-state index contributed by atoms with van der Waals surface area (Å²) in [4.78, 5) is 35.7. The van der Waals surface area contributed by atoms with Crippen LogP contribution < -0.4 is 14.7 Å².